The number of carbonyl (C=O) groups is 1. The van der Waals surface area contributed by atoms with Gasteiger partial charge in [-0.25, -0.2) is 0 Å². The number of aliphatic hydroxyl groups is 8. The van der Waals surface area contributed by atoms with Crippen molar-refractivity contribution in [3.05, 3.63) is 0 Å². The lowest BCUT2D eigenvalue weighted by Gasteiger charge is -2.46. The molecule has 0 radical (unpaired) electrons. The van der Waals surface area contributed by atoms with E-state index in [-0.39, 0.29) is 12.5 Å². The van der Waals surface area contributed by atoms with Crippen LogP contribution in [0.1, 0.15) is 174 Å². The Morgan fingerprint density at radius 1 is 0.561 bits per heavy atom. The van der Waals surface area contributed by atoms with Crippen molar-refractivity contribution in [2.75, 3.05) is 19.8 Å². The van der Waals surface area contributed by atoms with Gasteiger partial charge < -0.3 is 65.1 Å². The van der Waals surface area contributed by atoms with E-state index in [4.69, 9.17) is 18.9 Å². The molecule has 57 heavy (non-hydrogen) atoms. The largest absolute Gasteiger partial charge is 0.394 e. The summed E-state index contributed by atoms with van der Waals surface area (Å²) >= 11 is 0. The van der Waals surface area contributed by atoms with Crippen LogP contribution in [0.15, 0.2) is 0 Å². The lowest BCUT2D eigenvalue weighted by molar-refractivity contribution is -0.359. The number of unbranched alkanes of at least 4 members (excludes halogenated alkanes) is 21. The Kier molecular flexibility index (Phi) is 29.1. The lowest BCUT2D eigenvalue weighted by atomic mass is 9.97. The Hall–Kier alpha value is -1.01. The molecule has 12 unspecified atom stereocenters. The molecule has 2 aliphatic rings. The molecule has 2 aliphatic heterocycles. The van der Waals surface area contributed by atoms with Crippen LogP contribution in [0.5, 0.6) is 0 Å². The van der Waals surface area contributed by atoms with Crippen molar-refractivity contribution < 1.29 is 64.6 Å². The molecule has 338 valence electrons. The molecular formula is C43H83NO13. The number of aliphatic hydroxyl groups excluding tert-OH is 8. The fraction of sp³-hybridized carbons (Fsp3) is 0.977. The predicted molar refractivity (Wildman–Crippen MR) is 217 cm³/mol. The number of hydrogen-bond donors (Lipinski definition) is 9. The van der Waals surface area contributed by atoms with E-state index < -0.39 is 86.8 Å². The molecule has 2 heterocycles. The summed E-state index contributed by atoms with van der Waals surface area (Å²) in [5.74, 6) is -0.216. The number of ether oxygens (including phenoxy) is 4. The zero-order chi connectivity index (χ0) is 41.8. The summed E-state index contributed by atoms with van der Waals surface area (Å²) in [6, 6.07) is -0.817. The fourth-order valence-electron chi connectivity index (χ4n) is 7.76. The van der Waals surface area contributed by atoms with Crippen LogP contribution >= 0.6 is 0 Å². The van der Waals surface area contributed by atoms with E-state index in [9.17, 15) is 45.6 Å². The van der Waals surface area contributed by atoms with Crippen molar-refractivity contribution in [2.24, 2.45) is 0 Å². The predicted octanol–water partition coefficient (Wildman–Crippen LogP) is 4.27. The number of amides is 1. The lowest BCUT2D eigenvalue weighted by Crippen LogP contribution is -2.65. The third-order valence-corrected chi connectivity index (χ3v) is 11.6. The Bertz CT molecular complexity index is 977. The SMILES string of the molecule is CCCCCCCCCCCCCCCCCCCCCCC(=O)NC(COC1OC(CO)C(OC2OC(CO)C(O)C(O)C2O)C(O)C1O)C(O)CCCCC. The summed E-state index contributed by atoms with van der Waals surface area (Å²) in [7, 11) is 0. The minimum atomic E-state index is -1.78. The highest BCUT2D eigenvalue weighted by Gasteiger charge is 2.51. The normalized spacial score (nSPS) is 29.0. The van der Waals surface area contributed by atoms with Gasteiger partial charge >= 0.3 is 0 Å². The van der Waals surface area contributed by atoms with Gasteiger partial charge in [-0.15, -0.1) is 0 Å². The van der Waals surface area contributed by atoms with E-state index in [1.807, 2.05) is 0 Å². The monoisotopic (exact) mass is 822 g/mol. The van der Waals surface area contributed by atoms with Crippen molar-refractivity contribution in [3.8, 4) is 0 Å². The number of hydrogen-bond acceptors (Lipinski definition) is 13. The zero-order valence-corrected chi connectivity index (χ0v) is 35.3. The molecule has 0 aromatic heterocycles. The number of rotatable bonds is 34. The maximum Gasteiger partial charge on any atom is 0.220 e. The van der Waals surface area contributed by atoms with Gasteiger partial charge in [0.15, 0.2) is 12.6 Å². The summed E-state index contributed by atoms with van der Waals surface area (Å²) in [5.41, 5.74) is 0. The van der Waals surface area contributed by atoms with Crippen molar-refractivity contribution >= 4 is 5.91 Å². The average molecular weight is 822 g/mol. The van der Waals surface area contributed by atoms with E-state index in [1.165, 1.54) is 103 Å². The first-order valence-electron chi connectivity index (χ1n) is 22.8. The van der Waals surface area contributed by atoms with Gasteiger partial charge in [-0.2, -0.15) is 0 Å². The molecule has 0 bridgehead atoms. The van der Waals surface area contributed by atoms with Gasteiger partial charge in [0.25, 0.3) is 0 Å². The number of carbonyl (C=O) groups excluding carboxylic acids is 1. The first kappa shape index (κ1) is 52.1. The number of nitrogens with one attached hydrogen (secondary N) is 1. The van der Waals surface area contributed by atoms with Crippen LogP contribution in [-0.4, -0.2) is 140 Å². The van der Waals surface area contributed by atoms with Gasteiger partial charge in [0, 0.05) is 6.42 Å². The van der Waals surface area contributed by atoms with Crippen LogP contribution < -0.4 is 5.32 Å². The van der Waals surface area contributed by atoms with E-state index in [2.05, 4.69) is 19.2 Å². The van der Waals surface area contributed by atoms with Crippen molar-refractivity contribution in [2.45, 2.75) is 248 Å². The van der Waals surface area contributed by atoms with Crippen molar-refractivity contribution in [1.82, 2.24) is 5.32 Å². The molecule has 2 saturated heterocycles. The molecule has 0 saturated carbocycles. The maximum absolute atomic E-state index is 13.0. The maximum atomic E-state index is 13.0. The average Bonchev–Trinajstić information content (AvgIpc) is 3.20. The second-order valence-electron chi connectivity index (χ2n) is 16.5. The van der Waals surface area contributed by atoms with Gasteiger partial charge in [-0.1, -0.05) is 155 Å². The van der Waals surface area contributed by atoms with Gasteiger partial charge in [-0.05, 0) is 12.8 Å². The first-order chi connectivity index (χ1) is 27.6. The molecular weight excluding hydrogens is 738 g/mol. The molecule has 0 aliphatic carbocycles. The highest BCUT2D eigenvalue weighted by molar-refractivity contribution is 5.76. The molecule has 9 N–H and O–H groups in total. The third-order valence-electron chi connectivity index (χ3n) is 11.6. The Labute approximate surface area is 343 Å². The summed E-state index contributed by atoms with van der Waals surface area (Å²) in [5, 5.41) is 85.8. The smallest absolute Gasteiger partial charge is 0.220 e. The van der Waals surface area contributed by atoms with Crippen LogP contribution in [0.3, 0.4) is 0 Å². The third kappa shape index (κ3) is 20.4. The molecule has 12 atom stereocenters. The summed E-state index contributed by atoms with van der Waals surface area (Å²) in [4.78, 5) is 13.0. The van der Waals surface area contributed by atoms with Crippen molar-refractivity contribution in [3.63, 3.8) is 0 Å². The Morgan fingerprint density at radius 3 is 1.49 bits per heavy atom. The topological polar surface area (TPSA) is 228 Å². The summed E-state index contributed by atoms with van der Waals surface area (Å²) < 4.78 is 22.5. The zero-order valence-electron chi connectivity index (χ0n) is 35.3. The minimum absolute atomic E-state index is 0.216. The molecule has 0 aromatic carbocycles. The van der Waals surface area contributed by atoms with Crippen LogP contribution in [0.2, 0.25) is 0 Å². The van der Waals surface area contributed by atoms with E-state index in [0.717, 1.165) is 44.9 Å². The van der Waals surface area contributed by atoms with Gasteiger partial charge in [0.1, 0.15) is 48.8 Å². The van der Waals surface area contributed by atoms with Crippen LogP contribution in [0.25, 0.3) is 0 Å². The first-order valence-corrected chi connectivity index (χ1v) is 22.8. The highest BCUT2D eigenvalue weighted by atomic mass is 16.7. The quantitative estimate of drug-likeness (QED) is 0.0414. The van der Waals surface area contributed by atoms with Gasteiger partial charge in [0.05, 0.1) is 32.0 Å². The molecule has 14 nitrogen and oxygen atoms in total. The summed E-state index contributed by atoms with van der Waals surface area (Å²) in [6.45, 7) is 2.67. The van der Waals surface area contributed by atoms with Crippen LogP contribution in [0, 0.1) is 0 Å². The minimum Gasteiger partial charge on any atom is -0.394 e. The Morgan fingerprint density at radius 2 is 1.00 bits per heavy atom. The second kappa shape index (κ2) is 31.8. The van der Waals surface area contributed by atoms with Crippen LogP contribution in [-0.2, 0) is 23.7 Å². The molecule has 2 fully saturated rings. The van der Waals surface area contributed by atoms with E-state index >= 15 is 0 Å². The van der Waals surface area contributed by atoms with Crippen LogP contribution in [0.4, 0.5) is 0 Å². The fourth-order valence-corrected chi connectivity index (χ4v) is 7.76. The van der Waals surface area contributed by atoms with E-state index in [0.29, 0.717) is 12.8 Å². The van der Waals surface area contributed by atoms with Gasteiger partial charge in [0.2, 0.25) is 5.91 Å². The van der Waals surface area contributed by atoms with Gasteiger partial charge in [-0.3, -0.25) is 4.79 Å². The molecule has 14 heteroatoms. The molecule has 0 aromatic rings. The second-order valence-corrected chi connectivity index (χ2v) is 16.5. The Balaban J connectivity index is 1.68. The highest BCUT2D eigenvalue weighted by Crippen LogP contribution is 2.30. The summed E-state index contributed by atoms with van der Waals surface area (Å²) in [6.07, 6.45) is 12.3. The van der Waals surface area contributed by atoms with Crippen molar-refractivity contribution in [1.29, 1.82) is 0 Å². The standard InChI is InChI=1S/C43H83NO13/c1-3-5-7-8-9-10-11-12-13-14-15-16-17-18-19-20-21-22-23-25-27-35(48)44-31(32(47)26-24-6-4-2)30-54-42-40(53)38(51)41(34(29-46)56-42)57-43-39(52)37(50)36(49)33(28-45)55-43/h31-34,36-43,45-47,49-53H,3-30H2,1-2H3,(H,44,48). The molecule has 0 spiro atoms. The molecule has 2 rings (SSSR count). The van der Waals surface area contributed by atoms with E-state index in [1.54, 1.807) is 0 Å². The molecule has 1 amide bonds.